The SMILES string of the molecule is NCC1CCN(C(=O)c2cnc(-c3ccco3)s2)C1. The molecular weight excluding hydrogens is 262 g/mol. The van der Waals surface area contributed by atoms with Crippen LogP contribution in [0, 0.1) is 5.92 Å². The van der Waals surface area contributed by atoms with Gasteiger partial charge in [-0.25, -0.2) is 4.98 Å². The number of furan rings is 1. The van der Waals surface area contributed by atoms with Gasteiger partial charge >= 0.3 is 0 Å². The number of rotatable bonds is 3. The summed E-state index contributed by atoms with van der Waals surface area (Å²) in [5.74, 6) is 1.18. The molecule has 2 aromatic rings. The molecule has 1 amide bonds. The molecular formula is C13H15N3O2S. The molecule has 0 aromatic carbocycles. The van der Waals surface area contributed by atoms with Crippen molar-refractivity contribution in [3.05, 3.63) is 29.5 Å². The Labute approximate surface area is 115 Å². The van der Waals surface area contributed by atoms with Crippen LogP contribution in [0.1, 0.15) is 16.1 Å². The highest BCUT2D eigenvalue weighted by molar-refractivity contribution is 7.16. The van der Waals surface area contributed by atoms with Crippen molar-refractivity contribution in [3.63, 3.8) is 0 Å². The maximum atomic E-state index is 12.3. The Morgan fingerprint density at radius 1 is 1.63 bits per heavy atom. The first-order valence-corrected chi connectivity index (χ1v) is 7.08. The Morgan fingerprint density at radius 3 is 3.21 bits per heavy atom. The van der Waals surface area contributed by atoms with E-state index >= 15 is 0 Å². The summed E-state index contributed by atoms with van der Waals surface area (Å²) >= 11 is 1.37. The standard InChI is InChI=1S/C13H15N3O2S/c14-6-9-3-4-16(8-9)13(17)11-7-15-12(19-11)10-2-1-5-18-10/h1-2,5,7,9H,3-4,6,8,14H2. The Balaban J connectivity index is 1.74. The molecule has 1 saturated heterocycles. The van der Waals surface area contributed by atoms with E-state index in [4.69, 9.17) is 10.2 Å². The van der Waals surface area contributed by atoms with Crippen LogP contribution in [0.15, 0.2) is 29.0 Å². The maximum absolute atomic E-state index is 12.3. The number of carbonyl (C=O) groups excluding carboxylic acids is 1. The molecule has 0 radical (unpaired) electrons. The van der Waals surface area contributed by atoms with Gasteiger partial charge in [0, 0.05) is 13.1 Å². The molecule has 19 heavy (non-hydrogen) atoms. The van der Waals surface area contributed by atoms with Crippen LogP contribution in [0.5, 0.6) is 0 Å². The lowest BCUT2D eigenvalue weighted by Gasteiger charge is -2.14. The lowest BCUT2D eigenvalue weighted by Crippen LogP contribution is -2.29. The number of thiazole rings is 1. The van der Waals surface area contributed by atoms with Gasteiger partial charge < -0.3 is 15.1 Å². The summed E-state index contributed by atoms with van der Waals surface area (Å²) in [6.07, 6.45) is 4.22. The largest absolute Gasteiger partial charge is 0.462 e. The summed E-state index contributed by atoms with van der Waals surface area (Å²) in [4.78, 5) is 19.1. The molecule has 2 aromatic heterocycles. The average Bonchev–Trinajstić information content (AvgIpc) is 3.16. The molecule has 1 aliphatic rings. The second-order valence-electron chi connectivity index (χ2n) is 4.65. The fourth-order valence-corrected chi connectivity index (χ4v) is 3.10. The van der Waals surface area contributed by atoms with E-state index in [1.807, 2.05) is 17.0 Å². The van der Waals surface area contributed by atoms with Crippen molar-refractivity contribution in [2.75, 3.05) is 19.6 Å². The third-order valence-corrected chi connectivity index (χ3v) is 4.35. The number of amides is 1. The summed E-state index contributed by atoms with van der Waals surface area (Å²) in [5.41, 5.74) is 5.64. The van der Waals surface area contributed by atoms with Gasteiger partial charge in [0.1, 0.15) is 4.88 Å². The van der Waals surface area contributed by atoms with Crippen LogP contribution in [-0.2, 0) is 0 Å². The van der Waals surface area contributed by atoms with Gasteiger partial charge in [-0.05, 0) is 31.0 Å². The Kier molecular flexibility index (Phi) is 3.35. The highest BCUT2D eigenvalue weighted by atomic mass is 32.1. The fraction of sp³-hybridized carbons (Fsp3) is 0.385. The number of likely N-dealkylation sites (tertiary alicyclic amines) is 1. The van der Waals surface area contributed by atoms with E-state index in [1.54, 1.807) is 12.5 Å². The molecule has 0 saturated carbocycles. The quantitative estimate of drug-likeness (QED) is 0.929. The fourth-order valence-electron chi connectivity index (χ4n) is 2.25. The van der Waals surface area contributed by atoms with Crippen LogP contribution < -0.4 is 5.73 Å². The van der Waals surface area contributed by atoms with Crippen molar-refractivity contribution in [2.45, 2.75) is 6.42 Å². The van der Waals surface area contributed by atoms with Gasteiger partial charge in [0.25, 0.3) is 5.91 Å². The highest BCUT2D eigenvalue weighted by Crippen LogP contribution is 2.27. The molecule has 2 N–H and O–H groups in total. The van der Waals surface area contributed by atoms with Gasteiger partial charge in [-0.3, -0.25) is 4.79 Å². The Bertz CT molecular complexity index is 564. The van der Waals surface area contributed by atoms with Crippen molar-refractivity contribution in [1.29, 1.82) is 0 Å². The molecule has 1 fully saturated rings. The normalized spacial score (nSPS) is 19.0. The molecule has 1 atom stereocenters. The summed E-state index contributed by atoms with van der Waals surface area (Å²) in [5, 5.41) is 0.739. The molecule has 6 heteroatoms. The van der Waals surface area contributed by atoms with E-state index in [0.717, 1.165) is 24.5 Å². The topological polar surface area (TPSA) is 72.4 Å². The first-order valence-electron chi connectivity index (χ1n) is 6.27. The first-order chi connectivity index (χ1) is 9.28. The zero-order valence-corrected chi connectivity index (χ0v) is 11.2. The van der Waals surface area contributed by atoms with Crippen LogP contribution in [0.3, 0.4) is 0 Å². The van der Waals surface area contributed by atoms with Gasteiger partial charge in [0.15, 0.2) is 10.8 Å². The van der Waals surface area contributed by atoms with Crippen LogP contribution >= 0.6 is 11.3 Å². The van der Waals surface area contributed by atoms with Crippen LogP contribution in [0.2, 0.25) is 0 Å². The number of hydrogen-bond donors (Lipinski definition) is 1. The second-order valence-corrected chi connectivity index (χ2v) is 5.68. The summed E-state index contributed by atoms with van der Waals surface area (Å²) in [6.45, 7) is 2.18. The zero-order chi connectivity index (χ0) is 13.2. The molecule has 100 valence electrons. The monoisotopic (exact) mass is 277 g/mol. The third-order valence-electron chi connectivity index (χ3n) is 3.35. The molecule has 0 spiro atoms. The van der Waals surface area contributed by atoms with Crippen molar-refractivity contribution < 1.29 is 9.21 Å². The van der Waals surface area contributed by atoms with E-state index in [-0.39, 0.29) is 5.91 Å². The van der Waals surface area contributed by atoms with Crippen LogP contribution in [0.4, 0.5) is 0 Å². The predicted molar refractivity (Wildman–Crippen MR) is 72.9 cm³/mol. The Hall–Kier alpha value is -1.66. The number of nitrogens with two attached hydrogens (primary N) is 1. The number of hydrogen-bond acceptors (Lipinski definition) is 5. The smallest absolute Gasteiger partial charge is 0.265 e. The minimum Gasteiger partial charge on any atom is -0.462 e. The van der Waals surface area contributed by atoms with Crippen LogP contribution in [0.25, 0.3) is 10.8 Å². The minimum atomic E-state index is 0.0475. The summed E-state index contributed by atoms with van der Waals surface area (Å²) in [7, 11) is 0. The second kappa shape index (κ2) is 5.14. The van der Waals surface area contributed by atoms with Gasteiger partial charge in [0.05, 0.1) is 12.5 Å². The first kappa shape index (κ1) is 12.4. The molecule has 0 bridgehead atoms. The van der Waals surface area contributed by atoms with E-state index in [0.29, 0.717) is 23.1 Å². The molecule has 3 heterocycles. The molecule has 0 aliphatic carbocycles. The summed E-state index contributed by atoms with van der Waals surface area (Å²) < 4.78 is 5.28. The average molecular weight is 277 g/mol. The highest BCUT2D eigenvalue weighted by Gasteiger charge is 2.27. The van der Waals surface area contributed by atoms with Crippen molar-refractivity contribution in [1.82, 2.24) is 9.88 Å². The molecule has 1 aliphatic heterocycles. The van der Waals surface area contributed by atoms with E-state index < -0.39 is 0 Å². The summed E-state index contributed by atoms with van der Waals surface area (Å²) in [6, 6.07) is 3.65. The van der Waals surface area contributed by atoms with Crippen molar-refractivity contribution in [3.8, 4) is 10.8 Å². The number of carbonyl (C=O) groups is 1. The zero-order valence-electron chi connectivity index (χ0n) is 10.4. The molecule has 5 nitrogen and oxygen atoms in total. The molecule has 1 unspecified atom stereocenters. The third kappa shape index (κ3) is 2.41. The lowest BCUT2D eigenvalue weighted by molar-refractivity contribution is 0.0792. The van der Waals surface area contributed by atoms with Gasteiger partial charge in [-0.15, -0.1) is 11.3 Å². The predicted octanol–water partition coefficient (Wildman–Crippen LogP) is 1.82. The van der Waals surface area contributed by atoms with Gasteiger partial charge in [0.2, 0.25) is 0 Å². The molecule has 3 rings (SSSR count). The lowest BCUT2D eigenvalue weighted by atomic mass is 10.1. The van der Waals surface area contributed by atoms with Crippen molar-refractivity contribution >= 4 is 17.2 Å². The van der Waals surface area contributed by atoms with E-state index in [2.05, 4.69) is 4.98 Å². The van der Waals surface area contributed by atoms with Gasteiger partial charge in [-0.2, -0.15) is 0 Å². The number of nitrogens with zero attached hydrogens (tertiary/aromatic N) is 2. The Morgan fingerprint density at radius 2 is 2.53 bits per heavy atom. The maximum Gasteiger partial charge on any atom is 0.265 e. The van der Waals surface area contributed by atoms with Crippen molar-refractivity contribution in [2.24, 2.45) is 11.7 Å². The van der Waals surface area contributed by atoms with Gasteiger partial charge in [-0.1, -0.05) is 0 Å². The van der Waals surface area contributed by atoms with E-state index in [9.17, 15) is 4.79 Å². The van der Waals surface area contributed by atoms with E-state index in [1.165, 1.54) is 11.3 Å². The minimum absolute atomic E-state index is 0.0475. The number of aromatic nitrogens is 1. The van der Waals surface area contributed by atoms with Crippen LogP contribution in [-0.4, -0.2) is 35.4 Å².